The summed E-state index contributed by atoms with van der Waals surface area (Å²) in [6.07, 6.45) is 0. The SMILES string of the molecule is Cc1ccc(F)nc1C(=O)O. The summed E-state index contributed by atoms with van der Waals surface area (Å²) in [5, 5.41) is 8.46. The molecule has 0 bridgehead atoms. The van der Waals surface area contributed by atoms with E-state index in [1.807, 2.05) is 0 Å². The number of rotatable bonds is 1. The number of hydrogen-bond donors (Lipinski definition) is 1. The van der Waals surface area contributed by atoms with Gasteiger partial charge in [-0.25, -0.2) is 9.78 Å². The summed E-state index contributed by atoms with van der Waals surface area (Å²) >= 11 is 0. The fraction of sp³-hybridized carbons (Fsp3) is 0.143. The Bertz CT molecular complexity index is 298. The van der Waals surface area contributed by atoms with Crippen LogP contribution < -0.4 is 0 Å². The van der Waals surface area contributed by atoms with Crippen LogP contribution in [0, 0.1) is 12.9 Å². The number of aromatic nitrogens is 1. The predicted octanol–water partition coefficient (Wildman–Crippen LogP) is 1.23. The van der Waals surface area contributed by atoms with Gasteiger partial charge in [-0.1, -0.05) is 6.07 Å². The predicted molar refractivity (Wildman–Crippen MR) is 35.9 cm³/mol. The molecule has 0 fully saturated rings. The summed E-state index contributed by atoms with van der Waals surface area (Å²) in [4.78, 5) is 13.6. The topological polar surface area (TPSA) is 50.2 Å². The van der Waals surface area contributed by atoms with Gasteiger partial charge in [0.15, 0.2) is 5.69 Å². The fourth-order valence-corrected chi connectivity index (χ4v) is 0.721. The number of aromatic carboxylic acids is 1. The number of carboxylic acids is 1. The molecule has 1 N–H and O–H groups in total. The summed E-state index contributed by atoms with van der Waals surface area (Å²) in [7, 11) is 0. The van der Waals surface area contributed by atoms with Crippen LogP contribution in [0.2, 0.25) is 0 Å². The highest BCUT2D eigenvalue weighted by molar-refractivity contribution is 5.86. The minimum atomic E-state index is -1.21. The molecule has 0 amide bonds. The Morgan fingerprint density at radius 1 is 1.64 bits per heavy atom. The highest BCUT2D eigenvalue weighted by atomic mass is 19.1. The van der Waals surface area contributed by atoms with Crippen molar-refractivity contribution in [1.29, 1.82) is 0 Å². The molecule has 0 aliphatic carbocycles. The minimum Gasteiger partial charge on any atom is -0.477 e. The number of halogens is 1. The zero-order valence-electron chi connectivity index (χ0n) is 5.84. The van der Waals surface area contributed by atoms with Crippen LogP contribution in [-0.4, -0.2) is 16.1 Å². The molecule has 1 heterocycles. The van der Waals surface area contributed by atoms with E-state index in [4.69, 9.17) is 5.11 Å². The van der Waals surface area contributed by atoms with Gasteiger partial charge in [-0.2, -0.15) is 4.39 Å². The van der Waals surface area contributed by atoms with Crippen LogP contribution in [0.4, 0.5) is 4.39 Å². The second-order valence-corrected chi connectivity index (χ2v) is 2.10. The van der Waals surface area contributed by atoms with E-state index in [0.717, 1.165) is 6.07 Å². The van der Waals surface area contributed by atoms with Crippen molar-refractivity contribution in [1.82, 2.24) is 4.98 Å². The molecule has 0 aliphatic rings. The van der Waals surface area contributed by atoms with Crippen molar-refractivity contribution in [3.05, 3.63) is 29.3 Å². The van der Waals surface area contributed by atoms with Gasteiger partial charge in [0.05, 0.1) is 0 Å². The van der Waals surface area contributed by atoms with Gasteiger partial charge in [0, 0.05) is 0 Å². The van der Waals surface area contributed by atoms with E-state index < -0.39 is 11.9 Å². The van der Waals surface area contributed by atoms with Gasteiger partial charge in [0.1, 0.15) is 0 Å². The van der Waals surface area contributed by atoms with Crippen molar-refractivity contribution >= 4 is 5.97 Å². The molecule has 0 atom stereocenters. The summed E-state index contributed by atoms with van der Waals surface area (Å²) < 4.78 is 12.3. The Morgan fingerprint density at radius 2 is 2.27 bits per heavy atom. The van der Waals surface area contributed by atoms with Crippen molar-refractivity contribution in [3.63, 3.8) is 0 Å². The van der Waals surface area contributed by atoms with Gasteiger partial charge in [-0.3, -0.25) is 0 Å². The number of pyridine rings is 1. The summed E-state index contributed by atoms with van der Waals surface area (Å²) in [6.45, 7) is 1.57. The summed E-state index contributed by atoms with van der Waals surface area (Å²) in [5.41, 5.74) is 0.226. The van der Waals surface area contributed by atoms with Gasteiger partial charge in [0.25, 0.3) is 0 Å². The van der Waals surface area contributed by atoms with E-state index in [1.54, 1.807) is 6.92 Å². The molecule has 0 aromatic carbocycles. The Morgan fingerprint density at radius 3 is 2.73 bits per heavy atom. The standard InChI is InChI=1S/C7H6FNO2/c1-4-2-3-5(8)9-6(4)7(10)11/h2-3H,1H3,(H,10,11). The molecule has 0 spiro atoms. The van der Waals surface area contributed by atoms with Gasteiger partial charge < -0.3 is 5.11 Å². The van der Waals surface area contributed by atoms with E-state index in [0.29, 0.717) is 5.56 Å². The first kappa shape index (κ1) is 7.65. The minimum absolute atomic E-state index is 0.231. The average Bonchev–Trinajstić information content (AvgIpc) is 1.94. The third-order valence-electron chi connectivity index (χ3n) is 1.27. The van der Waals surface area contributed by atoms with Crippen LogP contribution in [0.1, 0.15) is 16.1 Å². The maximum Gasteiger partial charge on any atom is 0.354 e. The van der Waals surface area contributed by atoms with Crippen LogP contribution in [0.15, 0.2) is 12.1 Å². The van der Waals surface area contributed by atoms with Crippen LogP contribution in [0.5, 0.6) is 0 Å². The van der Waals surface area contributed by atoms with E-state index in [2.05, 4.69) is 4.98 Å². The third kappa shape index (κ3) is 1.52. The third-order valence-corrected chi connectivity index (χ3v) is 1.27. The molecular weight excluding hydrogens is 149 g/mol. The molecule has 58 valence electrons. The van der Waals surface area contributed by atoms with Crippen molar-refractivity contribution in [3.8, 4) is 0 Å². The fourth-order valence-electron chi connectivity index (χ4n) is 0.721. The zero-order chi connectivity index (χ0) is 8.43. The summed E-state index contributed by atoms with van der Waals surface area (Å²) in [5.74, 6) is -1.98. The van der Waals surface area contributed by atoms with Crippen LogP contribution in [0.3, 0.4) is 0 Å². The van der Waals surface area contributed by atoms with E-state index in [-0.39, 0.29) is 5.69 Å². The molecule has 0 saturated carbocycles. The smallest absolute Gasteiger partial charge is 0.354 e. The summed E-state index contributed by atoms with van der Waals surface area (Å²) in [6, 6.07) is 2.51. The molecule has 11 heavy (non-hydrogen) atoms. The monoisotopic (exact) mass is 155 g/mol. The number of nitrogens with zero attached hydrogens (tertiary/aromatic N) is 1. The second kappa shape index (κ2) is 2.65. The number of hydrogen-bond acceptors (Lipinski definition) is 2. The van der Waals surface area contributed by atoms with Crippen LogP contribution in [0.25, 0.3) is 0 Å². The second-order valence-electron chi connectivity index (χ2n) is 2.10. The largest absolute Gasteiger partial charge is 0.477 e. The normalized spacial score (nSPS) is 9.64. The number of aryl methyl sites for hydroxylation is 1. The average molecular weight is 155 g/mol. The molecule has 0 saturated heterocycles. The molecular formula is C7H6FNO2. The van der Waals surface area contributed by atoms with Crippen molar-refractivity contribution in [2.24, 2.45) is 0 Å². The lowest BCUT2D eigenvalue weighted by Crippen LogP contribution is -2.04. The molecule has 1 rings (SSSR count). The van der Waals surface area contributed by atoms with Crippen molar-refractivity contribution in [2.75, 3.05) is 0 Å². The van der Waals surface area contributed by atoms with Crippen LogP contribution in [-0.2, 0) is 0 Å². The Kier molecular flexibility index (Phi) is 1.85. The van der Waals surface area contributed by atoms with E-state index >= 15 is 0 Å². The first-order chi connectivity index (χ1) is 5.11. The maximum absolute atomic E-state index is 12.3. The van der Waals surface area contributed by atoms with Crippen molar-refractivity contribution < 1.29 is 14.3 Å². The zero-order valence-corrected chi connectivity index (χ0v) is 5.84. The highest BCUT2D eigenvalue weighted by Crippen LogP contribution is 2.04. The lowest BCUT2D eigenvalue weighted by molar-refractivity contribution is 0.0688. The van der Waals surface area contributed by atoms with E-state index in [9.17, 15) is 9.18 Å². The maximum atomic E-state index is 12.3. The lowest BCUT2D eigenvalue weighted by Gasteiger charge is -1.97. The molecule has 3 nitrogen and oxygen atoms in total. The highest BCUT2D eigenvalue weighted by Gasteiger charge is 2.08. The van der Waals surface area contributed by atoms with Crippen LogP contribution >= 0.6 is 0 Å². The van der Waals surface area contributed by atoms with Crippen molar-refractivity contribution in [2.45, 2.75) is 6.92 Å². The number of carboxylic acid groups (broad SMARTS) is 1. The quantitative estimate of drug-likeness (QED) is 0.620. The molecule has 0 aliphatic heterocycles. The first-order valence-corrected chi connectivity index (χ1v) is 2.97. The molecule has 4 heteroatoms. The Balaban J connectivity index is 3.23. The molecule has 1 aromatic heterocycles. The molecule has 0 unspecified atom stereocenters. The van der Waals surface area contributed by atoms with E-state index in [1.165, 1.54) is 6.07 Å². The molecule has 1 aromatic rings. The Labute approximate surface area is 62.5 Å². The van der Waals surface area contributed by atoms with Gasteiger partial charge in [-0.15, -0.1) is 0 Å². The van der Waals surface area contributed by atoms with Gasteiger partial charge in [0.2, 0.25) is 5.95 Å². The van der Waals surface area contributed by atoms with Gasteiger partial charge in [-0.05, 0) is 18.6 Å². The lowest BCUT2D eigenvalue weighted by atomic mass is 10.2. The first-order valence-electron chi connectivity index (χ1n) is 2.97. The van der Waals surface area contributed by atoms with Gasteiger partial charge >= 0.3 is 5.97 Å². The Hall–Kier alpha value is -1.45. The number of carbonyl (C=O) groups is 1. The molecule has 0 radical (unpaired) electrons.